The second-order valence-corrected chi connectivity index (χ2v) is 4.41. The van der Waals surface area contributed by atoms with E-state index in [0.717, 1.165) is 25.7 Å². The van der Waals surface area contributed by atoms with Gasteiger partial charge in [-0.3, -0.25) is 4.79 Å². The predicted octanol–water partition coefficient (Wildman–Crippen LogP) is 3.16. The normalized spacial score (nSPS) is 18.6. The van der Waals surface area contributed by atoms with Gasteiger partial charge in [-0.05, 0) is 36.4 Å². The van der Waals surface area contributed by atoms with E-state index in [-0.39, 0.29) is 10.7 Å². The zero-order valence-corrected chi connectivity index (χ0v) is 8.76. The molecule has 2 rings (SSSR count). The summed E-state index contributed by atoms with van der Waals surface area (Å²) in [5, 5.41) is -0.160. The Morgan fingerprint density at radius 3 is 2.36 bits per heavy atom. The topological polar surface area (TPSA) is 17.1 Å². The van der Waals surface area contributed by atoms with Gasteiger partial charge in [0.05, 0.1) is 0 Å². The average Bonchev–Trinajstić information content (AvgIpc) is 2.12. The van der Waals surface area contributed by atoms with Gasteiger partial charge < -0.3 is 0 Å². The number of hydrogen-bond acceptors (Lipinski definition) is 1. The van der Waals surface area contributed by atoms with Crippen molar-refractivity contribution >= 4 is 16.8 Å². The third-order valence-corrected chi connectivity index (χ3v) is 3.51. The largest absolute Gasteiger partial charge is 0.281 e. The maximum atomic E-state index is 11.3. The Morgan fingerprint density at radius 2 is 1.93 bits per heavy atom. The van der Waals surface area contributed by atoms with Crippen LogP contribution in [0.25, 0.3) is 0 Å². The van der Waals surface area contributed by atoms with E-state index in [0.29, 0.717) is 0 Å². The summed E-state index contributed by atoms with van der Waals surface area (Å²) in [7, 11) is 0. The van der Waals surface area contributed by atoms with Crippen LogP contribution in [-0.4, -0.2) is 5.24 Å². The van der Waals surface area contributed by atoms with Gasteiger partial charge in [0.1, 0.15) is 0 Å². The summed E-state index contributed by atoms with van der Waals surface area (Å²) in [6.07, 6.45) is 3.83. The van der Waals surface area contributed by atoms with E-state index < -0.39 is 0 Å². The molecule has 1 saturated carbocycles. The minimum absolute atomic E-state index is 0.160. The van der Waals surface area contributed by atoms with Crippen LogP contribution in [0.2, 0.25) is 0 Å². The molecule has 74 valence electrons. The van der Waals surface area contributed by atoms with Crippen LogP contribution in [0.4, 0.5) is 0 Å². The monoisotopic (exact) mass is 208 g/mol. The Morgan fingerprint density at radius 1 is 1.29 bits per heavy atom. The smallest absolute Gasteiger partial charge is 0.228 e. The Labute approximate surface area is 89.1 Å². The molecule has 0 heterocycles. The lowest BCUT2D eigenvalue weighted by molar-refractivity contribution is -0.124. The molecule has 0 aromatic heterocycles. The quantitative estimate of drug-likeness (QED) is 0.698. The third-order valence-electron chi connectivity index (χ3n) is 3.11. The fourth-order valence-corrected chi connectivity index (χ4v) is 2.29. The van der Waals surface area contributed by atoms with Crippen molar-refractivity contribution < 1.29 is 4.79 Å². The van der Waals surface area contributed by atoms with E-state index in [1.54, 1.807) is 0 Å². The van der Waals surface area contributed by atoms with Crippen LogP contribution in [0, 0.1) is 5.41 Å². The highest BCUT2D eigenvalue weighted by molar-refractivity contribution is 6.64. The van der Waals surface area contributed by atoms with E-state index in [1.807, 2.05) is 18.2 Å². The minimum Gasteiger partial charge on any atom is -0.281 e. The first-order valence-electron chi connectivity index (χ1n) is 4.97. The van der Waals surface area contributed by atoms with E-state index in [9.17, 15) is 4.79 Å². The number of rotatable bonds is 3. The third kappa shape index (κ3) is 1.69. The molecule has 1 aromatic rings. The highest BCUT2D eigenvalue weighted by Gasteiger charge is 2.42. The lowest BCUT2D eigenvalue weighted by atomic mass is 9.66. The van der Waals surface area contributed by atoms with Crippen molar-refractivity contribution in [2.75, 3.05) is 0 Å². The van der Waals surface area contributed by atoms with Crippen molar-refractivity contribution in [1.82, 2.24) is 0 Å². The molecular formula is C12H13ClO. The van der Waals surface area contributed by atoms with Crippen LogP contribution < -0.4 is 0 Å². The lowest BCUT2D eigenvalue weighted by Crippen LogP contribution is -2.37. The minimum atomic E-state index is -0.247. The highest BCUT2D eigenvalue weighted by Crippen LogP contribution is 2.45. The van der Waals surface area contributed by atoms with Crippen molar-refractivity contribution in [3.05, 3.63) is 35.9 Å². The van der Waals surface area contributed by atoms with Gasteiger partial charge in [0.15, 0.2) is 0 Å². The maximum absolute atomic E-state index is 11.3. The van der Waals surface area contributed by atoms with Gasteiger partial charge in [0.25, 0.3) is 0 Å². The molecule has 0 spiro atoms. The fraction of sp³-hybridized carbons (Fsp3) is 0.417. The van der Waals surface area contributed by atoms with E-state index in [1.165, 1.54) is 5.56 Å². The second-order valence-electron chi connectivity index (χ2n) is 4.07. The molecule has 1 aromatic carbocycles. The molecule has 14 heavy (non-hydrogen) atoms. The molecule has 0 saturated heterocycles. The van der Waals surface area contributed by atoms with Gasteiger partial charge in [-0.1, -0.05) is 36.8 Å². The van der Waals surface area contributed by atoms with Gasteiger partial charge >= 0.3 is 0 Å². The lowest BCUT2D eigenvalue weighted by Gasteiger charge is -2.38. The molecule has 1 nitrogen and oxygen atoms in total. The van der Waals surface area contributed by atoms with E-state index in [2.05, 4.69) is 12.1 Å². The standard InChI is InChI=1S/C12H13ClO/c13-11(14)12(7-4-8-12)9-10-5-2-1-3-6-10/h1-3,5-6H,4,7-9H2. The molecule has 1 aliphatic rings. The number of benzene rings is 1. The molecule has 0 bridgehead atoms. The van der Waals surface area contributed by atoms with Gasteiger partial charge in [-0.15, -0.1) is 0 Å². The molecule has 1 fully saturated rings. The van der Waals surface area contributed by atoms with E-state index >= 15 is 0 Å². The van der Waals surface area contributed by atoms with Crippen LogP contribution >= 0.6 is 11.6 Å². The number of carbonyl (C=O) groups is 1. The van der Waals surface area contributed by atoms with Crippen molar-refractivity contribution in [3.63, 3.8) is 0 Å². The van der Waals surface area contributed by atoms with Gasteiger partial charge in [-0.25, -0.2) is 0 Å². The Hall–Kier alpha value is -0.820. The summed E-state index contributed by atoms with van der Waals surface area (Å²) in [5.74, 6) is 0. The molecule has 0 amide bonds. The molecule has 1 aliphatic carbocycles. The summed E-state index contributed by atoms with van der Waals surface area (Å²) in [5.41, 5.74) is 0.962. The Bertz CT molecular complexity index is 327. The van der Waals surface area contributed by atoms with Gasteiger partial charge in [-0.2, -0.15) is 0 Å². The van der Waals surface area contributed by atoms with Crippen molar-refractivity contribution in [2.45, 2.75) is 25.7 Å². The van der Waals surface area contributed by atoms with Crippen LogP contribution in [0.5, 0.6) is 0 Å². The highest BCUT2D eigenvalue weighted by atomic mass is 35.5. The second kappa shape index (κ2) is 3.74. The van der Waals surface area contributed by atoms with E-state index in [4.69, 9.17) is 11.6 Å². The maximum Gasteiger partial charge on any atom is 0.228 e. The van der Waals surface area contributed by atoms with Gasteiger partial charge in [0, 0.05) is 5.41 Å². The molecule has 2 heteroatoms. The zero-order valence-electron chi connectivity index (χ0n) is 8.00. The summed E-state index contributed by atoms with van der Waals surface area (Å²) >= 11 is 5.65. The van der Waals surface area contributed by atoms with Crippen molar-refractivity contribution in [1.29, 1.82) is 0 Å². The molecule has 0 aliphatic heterocycles. The van der Waals surface area contributed by atoms with Crippen LogP contribution in [0.1, 0.15) is 24.8 Å². The first-order chi connectivity index (χ1) is 6.73. The molecule has 0 unspecified atom stereocenters. The summed E-state index contributed by atoms with van der Waals surface area (Å²) < 4.78 is 0. The van der Waals surface area contributed by atoms with Crippen molar-refractivity contribution in [2.24, 2.45) is 5.41 Å². The zero-order chi connectivity index (χ0) is 10.0. The fourth-order valence-electron chi connectivity index (χ4n) is 2.03. The van der Waals surface area contributed by atoms with Crippen LogP contribution in [-0.2, 0) is 11.2 Å². The Balaban J connectivity index is 2.13. The summed E-state index contributed by atoms with van der Waals surface area (Å²) in [6, 6.07) is 10.1. The first-order valence-corrected chi connectivity index (χ1v) is 5.35. The predicted molar refractivity (Wildman–Crippen MR) is 57.3 cm³/mol. The summed E-state index contributed by atoms with van der Waals surface area (Å²) in [4.78, 5) is 11.3. The van der Waals surface area contributed by atoms with Crippen molar-refractivity contribution in [3.8, 4) is 0 Å². The molecular weight excluding hydrogens is 196 g/mol. The number of carbonyl (C=O) groups excluding carboxylic acids is 1. The van der Waals surface area contributed by atoms with Gasteiger partial charge in [0.2, 0.25) is 5.24 Å². The summed E-state index contributed by atoms with van der Waals surface area (Å²) in [6.45, 7) is 0. The number of hydrogen-bond donors (Lipinski definition) is 0. The number of halogens is 1. The Kier molecular flexibility index (Phi) is 2.60. The first kappa shape index (κ1) is 9.72. The SMILES string of the molecule is O=C(Cl)C1(Cc2ccccc2)CCC1. The molecule has 0 atom stereocenters. The average molecular weight is 209 g/mol. The van der Waals surface area contributed by atoms with Crippen LogP contribution in [0.3, 0.4) is 0 Å². The van der Waals surface area contributed by atoms with Crippen LogP contribution in [0.15, 0.2) is 30.3 Å². The molecule has 0 radical (unpaired) electrons. The molecule has 0 N–H and O–H groups in total.